The maximum atomic E-state index is 11.2. The van der Waals surface area contributed by atoms with Gasteiger partial charge in [0.15, 0.2) is 17.6 Å². The van der Waals surface area contributed by atoms with Gasteiger partial charge in [0.1, 0.15) is 0 Å². The number of ether oxygens (including phenoxy) is 3. The van der Waals surface area contributed by atoms with Gasteiger partial charge in [-0.2, -0.15) is 0 Å². The van der Waals surface area contributed by atoms with Crippen molar-refractivity contribution in [1.82, 2.24) is 0 Å². The lowest BCUT2D eigenvalue weighted by molar-refractivity contribution is 0.0600. The van der Waals surface area contributed by atoms with Crippen LogP contribution in [-0.4, -0.2) is 26.3 Å². The summed E-state index contributed by atoms with van der Waals surface area (Å²) in [6, 6.07) is 4.74. The number of halogens is 1. The fourth-order valence-corrected chi connectivity index (χ4v) is 1.21. The van der Waals surface area contributed by atoms with Crippen LogP contribution in [0.25, 0.3) is 0 Å². The second-order valence-electron chi connectivity index (χ2n) is 2.61. The SMILES string of the molecule is COC(=O)c1ccc(OCCl)c(OC)c1. The average molecular weight is 231 g/mol. The molecule has 0 aliphatic carbocycles. The Balaban J connectivity index is 3.01. The zero-order valence-corrected chi connectivity index (χ0v) is 9.21. The summed E-state index contributed by atoms with van der Waals surface area (Å²) >= 11 is 5.43. The summed E-state index contributed by atoms with van der Waals surface area (Å²) in [4.78, 5) is 11.2. The third kappa shape index (κ3) is 2.76. The number of esters is 1. The zero-order valence-electron chi connectivity index (χ0n) is 8.45. The van der Waals surface area contributed by atoms with Crippen molar-refractivity contribution < 1.29 is 19.0 Å². The highest BCUT2D eigenvalue weighted by Gasteiger charge is 2.10. The number of alkyl halides is 1. The van der Waals surface area contributed by atoms with Gasteiger partial charge in [-0.15, -0.1) is 0 Å². The second kappa shape index (κ2) is 5.46. The maximum Gasteiger partial charge on any atom is 0.337 e. The minimum atomic E-state index is -0.425. The minimum absolute atomic E-state index is 0.0218. The van der Waals surface area contributed by atoms with Crippen molar-refractivity contribution >= 4 is 17.6 Å². The summed E-state index contributed by atoms with van der Waals surface area (Å²) in [7, 11) is 2.80. The molecule has 0 aromatic heterocycles. The molecule has 0 bridgehead atoms. The molecule has 82 valence electrons. The van der Waals surface area contributed by atoms with E-state index in [1.807, 2.05) is 0 Å². The molecule has 0 aliphatic heterocycles. The van der Waals surface area contributed by atoms with Gasteiger partial charge in [0.05, 0.1) is 19.8 Å². The van der Waals surface area contributed by atoms with Crippen molar-refractivity contribution in [1.29, 1.82) is 0 Å². The van der Waals surface area contributed by atoms with Crippen molar-refractivity contribution in [2.75, 3.05) is 20.3 Å². The van der Waals surface area contributed by atoms with Gasteiger partial charge >= 0.3 is 5.97 Å². The lowest BCUT2D eigenvalue weighted by atomic mass is 10.2. The number of carbonyl (C=O) groups excluding carboxylic acids is 1. The van der Waals surface area contributed by atoms with Gasteiger partial charge < -0.3 is 14.2 Å². The molecule has 0 heterocycles. The van der Waals surface area contributed by atoms with Gasteiger partial charge in [0, 0.05) is 0 Å². The van der Waals surface area contributed by atoms with E-state index in [1.165, 1.54) is 20.3 Å². The molecule has 0 saturated heterocycles. The van der Waals surface area contributed by atoms with Crippen LogP contribution in [0.4, 0.5) is 0 Å². The minimum Gasteiger partial charge on any atom is -0.493 e. The van der Waals surface area contributed by atoms with Gasteiger partial charge in [0.25, 0.3) is 0 Å². The first-order valence-electron chi connectivity index (χ1n) is 4.18. The Bertz CT molecular complexity index is 351. The van der Waals surface area contributed by atoms with E-state index in [2.05, 4.69) is 4.74 Å². The smallest absolute Gasteiger partial charge is 0.337 e. The van der Waals surface area contributed by atoms with Gasteiger partial charge in [-0.05, 0) is 18.2 Å². The first-order chi connectivity index (χ1) is 7.22. The number of hydrogen-bond donors (Lipinski definition) is 0. The van der Waals surface area contributed by atoms with Crippen molar-refractivity contribution in [3.05, 3.63) is 23.8 Å². The van der Waals surface area contributed by atoms with E-state index in [0.717, 1.165) is 0 Å². The summed E-state index contributed by atoms with van der Waals surface area (Å²) in [6.07, 6.45) is 0. The highest BCUT2D eigenvalue weighted by Crippen LogP contribution is 2.28. The summed E-state index contributed by atoms with van der Waals surface area (Å²) in [6.45, 7) is 0. The molecule has 0 radical (unpaired) electrons. The van der Waals surface area contributed by atoms with E-state index in [-0.39, 0.29) is 6.07 Å². The Morgan fingerprint density at radius 3 is 2.60 bits per heavy atom. The predicted octanol–water partition coefficient (Wildman–Crippen LogP) is 2.06. The Kier molecular flexibility index (Phi) is 4.24. The molecule has 0 unspecified atom stereocenters. The summed E-state index contributed by atoms with van der Waals surface area (Å²) < 4.78 is 14.7. The highest BCUT2D eigenvalue weighted by atomic mass is 35.5. The number of rotatable bonds is 4. The van der Waals surface area contributed by atoms with E-state index in [9.17, 15) is 4.79 Å². The normalized spacial score (nSPS) is 9.53. The molecule has 4 nitrogen and oxygen atoms in total. The van der Waals surface area contributed by atoms with Gasteiger partial charge in [0.2, 0.25) is 0 Å². The molecule has 0 N–H and O–H groups in total. The lowest BCUT2D eigenvalue weighted by Crippen LogP contribution is -2.02. The number of methoxy groups -OCH3 is 2. The molecular weight excluding hydrogens is 220 g/mol. The van der Waals surface area contributed by atoms with Gasteiger partial charge in [-0.1, -0.05) is 11.6 Å². The quantitative estimate of drug-likeness (QED) is 0.587. The van der Waals surface area contributed by atoms with Crippen LogP contribution in [-0.2, 0) is 4.74 Å². The van der Waals surface area contributed by atoms with Crippen molar-refractivity contribution in [3.8, 4) is 11.5 Å². The largest absolute Gasteiger partial charge is 0.493 e. The number of carbonyl (C=O) groups is 1. The van der Waals surface area contributed by atoms with E-state index >= 15 is 0 Å². The molecule has 0 fully saturated rings. The molecule has 1 rings (SSSR count). The Labute approximate surface area is 92.7 Å². The average Bonchev–Trinajstić information content (AvgIpc) is 2.29. The second-order valence-corrected chi connectivity index (χ2v) is 2.83. The maximum absolute atomic E-state index is 11.2. The van der Waals surface area contributed by atoms with Crippen LogP contribution in [0.2, 0.25) is 0 Å². The lowest BCUT2D eigenvalue weighted by Gasteiger charge is -2.09. The van der Waals surface area contributed by atoms with Gasteiger partial charge in [-0.3, -0.25) is 0 Å². The summed E-state index contributed by atoms with van der Waals surface area (Å²) in [5.41, 5.74) is 0.399. The van der Waals surface area contributed by atoms with Crippen molar-refractivity contribution in [2.24, 2.45) is 0 Å². The predicted molar refractivity (Wildman–Crippen MR) is 55.7 cm³/mol. The molecule has 0 saturated carbocycles. The Morgan fingerprint density at radius 1 is 1.33 bits per heavy atom. The zero-order chi connectivity index (χ0) is 11.3. The molecule has 5 heteroatoms. The molecule has 15 heavy (non-hydrogen) atoms. The number of hydrogen-bond acceptors (Lipinski definition) is 4. The van der Waals surface area contributed by atoms with Crippen LogP contribution in [0.1, 0.15) is 10.4 Å². The Hall–Kier alpha value is -1.42. The molecule has 0 amide bonds. The summed E-state index contributed by atoms with van der Waals surface area (Å²) in [5, 5.41) is 0. The fourth-order valence-electron chi connectivity index (χ4n) is 1.09. The third-order valence-corrected chi connectivity index (χ3v) is 1.90. The molecule has 0 spiro atoms. The monoisotopic (exact) mass is 230 g/mol. The molecular formula is C10H11ClO4. The van der Waals surface area contributed by atoms with Crippen molar-refractivity contribution in [2.45, 2.75) is 0 Å². The fraction of sp³-hybridized carbons (Fsp3) is 0.300. The van der Waals surface area contributed by atoms with E-state index < -0.39 is 5.97 Å². The van der Waals surface area contributed by atoms with Crippen LogP contribution < -0.4 is 9.47 Å². The third-order valence-electron chi connectivity index (χ3n) is 1.79. The van der Waals surface area contributed by atoms with Crippen LogP contribution in [0, 0.1) is 0 Å². The van der Waals surface area contributed by atoms with Crippen LogP contribution in [0.15, 0.2) is 18.2 Å². The van der Waals surface area contributed by atoms with E-state index in [0.29, 0.717) is 17.1 Å². The van der Waals surface area contributed by atoms with Crippen LogP contribution in [0.3, 0.4) is 0 Å². The van der Waals surface area contributed by atoms with E-state index in [1.54, 1.807) is 12.1 Å². The van der Waals surface area contributed by atoms with Crippen LogP contribution >= 0.6 is 11.6 Å². The molecule has 0 atom stereocenters. The van der Waals surface area contributed by atoms with Crippen LogP contribution in [0.5, 0.6) is 11.5 Å². The molecule has 0 aliphatic rings. The topological polar surface area (TPSA) is 44.8 Å². The first kappa shape index (κ1) is 11.7. The Morgan fingerprint density at radius 2 is 2.07 bits per heavy atom. The van der Waals surface area contributed by atoms with Crippen molar-refractivity contribution in [3.63, 3.8) is 0 Å². The first-order valence-corrected chi connectivity index (χ1v) is 4.71. The molecule has 1 aromatic rings. The number of benzene rings is 1. The van der Waals surface area contributed by atoms with Gasteiger partial charge in [-0.25, -0.2) is 4.79 Å². The standard InChI is InChI=1S/C10H11ClO4/c1-13-9-5-7(10(12)14-2)3-4-8(9)15-6-11/h3-5H,6H2,1-2H3. The van der Waals surface area contributed by atoms with E-state index in [4.69, 9.17) is 21.1 Å². The summed E-state index contributed by atoms with van der Waals surface area (Å²) in [5.74, 6) is 0.504. The molecule has 1 aromatic carbocycles. The highest BCUT2D eigenvalue weighted by molar-refractivity contribution is 6.17.